The van der Waals surface area contributed by atoms with Gasteiger partial charge in [0.2, 0.25) is 0 Å². The highest BCUT2D eigenvalue weighted by Crippen LogP contribution is 2.64. The number of hydrogen-bond acceptors (Lipinski definition) is 4. The summed E-state index contributed by atoms with van der Waals surface area (Å²) >= 11 is 6.66. The SMILES string of the molecule is Fc1cc2nc3n(c2cc1Br)[C@@H](c1ccccc1Oc1ccccc1)[C@@H]1C[C@H]31.Fc1cc2nc3n(c2cc1Br)[C@@H](c1ccccc1Oc1ccccc1)[C@@H]1C[C@H]31. The van der Waals surface area contributed by atoms with Gasteiger partial charge >= 0.3 is 0 Å². The van der Waals surface area contributed by atoms with Crippen molar-refractivity contribution in [2.75, 3.05) is 0 Å². The number of hydrogen-bond donors (Lipinski definition) is 0. The third-order valence-electron chi connectivity index (χ3n) is 11.6. The maximum Gasteiger partial charge on any atom is 0.139 e. The van der Waals surface area contributed by atoms with E-state index in [4.69, 9.17) is 19.4 Å². The van der Waals surface area contributed by atoms with Crippen molar-refractivity contribution in [1.82, 2.24) is 19.1 Å². The summed E-state index contributed by atoms with van der Waals surface area (Å²) in [6.07, 6.45) is 2.24. The number of benzene rings is 6. The van der Waals surface area contributed by atoms with Crippen molar-refractivity contribution in [1.29, 1.82) is 0 Å². The molecule has 56 heavy (non-hydrogen) atoms. The lowest BCUT2D eigenvalue weighted by atomic mass is 10.0. The summed E-state index contributed by atoms with van der Waals surface area (Å²) in [6.45, 7) is 0. The fourth-order valence-electron chi connectivity index (χ4n) is 9.04. The van der Waals surface area contributed by atoms with Crippen molar-refractivity contribution in [3.05, 3.63) is 177 Å². The Balaban J connectivity index is 0.000000130. The van der Waals surface area contributed by atoms with Crippen LogP contribution in [0.5, 0.6) is 23.0 Å². The van der Waals surface area contributed by atoms with E-state index in [0.717, 1.165) is 69.6 Å². The summed E-state index contributed by atoms with van der Waals surface area (Å²) in [5.74, 6) is 6.89. The predicted octanol–water partition coefficient (Wildman–Crippen LogP) is 12.9. The fraction of sp³-hybridized carbons (Fsp3) is 0.174. The number of rotatable bonds is 6. The van der Waals surface area contributed by atoms with Gasteiger partial charge in [-0.05, 0) is 105 Å². The quantitative estimate of drug-likeness (QED) is 0.167. The van der Waals surface area contributed by atoms with E-state index < -0.39 is 0 Å². The first-order chi connectivity index (χ1) is 27.4. The average molecular weight is 871 g/mol. The van der Waals surface area contributed by atoms with Crippen LogP contribution in [0.15, 0.2) is 142 Å². The molecule has 0 amide bonds. The smallest absolute Gasteiger partial charge is 0.139 e. The Labute approximate surface area is 338 Å². The second-order valence-corrected chi connectivity index (χ2v) is 16.7. The van der Waals surface area contributed by atoms with Crippen molar-refractivity contribution in [3.8, 4) is 23.0 Å². The second-order valence-electron chi connectivity index (χ2n) is 15.0. The first-order valence-corrected chi connectivity index (χ1v) is 20.4. The van der Waals surface area contributed by atoms with Gasteiger partial charge in [0.15, 0.2) is 0 Å². The molecule has 8 aromatic rings. The fourth-order valence-corrected chi connectivity index (χ4v) is 9.70. The Bertz CT molecular complexity index is 2630. The third-order valence-corrected chi connectivity index (χ3v) is 12.9. The van der Waals surface area contributed by atoms with E-state index in [9.17, 15) is 8.78 Å². The van der Waals surface area contributed by atoms with E-state index in [-0.39, 0.29) is 23.7 Å². The van der Waals surface area contributed by atoms with Crippen LogP contribution in [0.2, 0.25) is 0 Å². The van der Waals surface area contributed by atoms with Gasteiger partial charge in [0, 0.05) is 35.1 Å². The number of halogens is 4. The Morgan fingerprint density at radius 2 is 0.911 bits per heavy atom. The van der Waals surface area contributed by atoms with Gasteiger partial charge in [-0.1, -0.05) is 72.8 Å². The van der Waals surface area contributed by atoms with Gasteiger partial charge in [0.1, 0.15) is 46.3 Å². The highest BCUT2D eigenvalue weighted by atomic mass is 79.9. The van der Waals surface area contributed by atoms with Gasteiger partial charge in [-0.3, -0.25) is 0 Å². The monoisotopic (exact) mass is 868 g/mol. The number of para-hydroxylation sites is 4. The van der Waals surface area contributed by atoms with E-state index in [1.807, 2.05) is 97.1 Å². The van der Waals surface area contributed by atoms with E-state index >= 15 is 0 Å². The molecule has 6 atom stereocenters. The van der Waals surface area contributed by atoms with Crippen LogP contribution < -0.4 is 9.47 Å². The van der Waals surface area contributed by atoms with Gasteiger partial charge < -0.3 is 18.6 Å². The van der Waals surface area contributed by atoms with Crippen molar-refractivity contribution in [2.24, 2.45) is 11.8 Å². The normalized spacial score (nSPS) is 22.1. The summed E-state index contributed by atoms with van der Waals surface area (Å²) in [7, 11) is 0. The van der Waals surface area contributed by atoms with Crippen LogP contribution in [0.1, 0.15) is 59.5 Å². The minimum Gasteiger partial charge on any atom is -0.457 e. The molecule has 0 radical (unpaired) electrons. The lowest BCUT2D eigenvalue weighted by Crippen LogP contribution is -2.11. The average Bonchev–Trinajstić information content (AvgIpc) is 4.05. The Morgan fingerprint density at radius 3 is 1.34 bits per heavy atom. The predicted molar refractivity (Wildman–Crippen MR) is 219 cm³/mol. The first kappa shape index (κ1) is 34.0. The van der Waals surface area contributed by atoms with Crippen LogP contribution in [0.4, 0.5) is 8.78 Å². The van der Waals surface area contributed by atoms with Gasteiger partial charge in [-0.15, -0.1) is 0 Å². The number of imidazole rings is 2. The zero-order valence-electron chi connectivity index (χ0n) is 29.7. The molecular weight excluding hydrogens is 838 g/mol. The molecule has 2 aliphatic carbocycles. The van der Waals surface area contributed by atoms with Crippen LogP contribution in [-0.2, 0) is 0 Å². The number of ether oxygens (including phenoxy) is 2. The highest BCUT2D eigenvalue weighted by molar-refractivity contribution is 9.10. The molecule has 0 saturated heterocycles. The molecule has 4 aliphatic rings. The van der Waals surface area contributed by atoms with Crippen molar-refractivity contribution in [3.63, 3.8) is 0 Å². The zero-order valence-corrected chi connectivity index (χ0v) is 32.9. The molecule has 0 N–H and O–H groups in total. The van der Waals surface area contributed by atoms with E-state index in [1.165, 1.54) is 12.1 Å². The maximum absolute atomic E-state index is 14.0. The van der Waals surface area contributed by atoms with Crippen LogP contribution >= 0.6 is 31.9 Å². The Hall–Kier alpha value is -5.32. The van der Waals surface area contributed by atoms with Gasteiger partial charge in [0.05, 0.1) is 43.1 Å². The summed E-state index contributed by atoms with van der Waals surface area (Å²) in [4.78, 5) is 9.54. The number of nitrogens with zero attached hydrogens (tertiary/aromatic N) is 4. The van der Waals surface area contributed by atoms with Gasteiger partial charge in [-0.25, -0.2) is 18.7 Å². The highest BCUT2D eigenvalue weighted by Gasteiger charge is 2.56. The molecule has 4 heterocycles. The third kappa shape index (κ3) is 5.59. The molecule has 0 spiro atoms. The van der Waals surface area contributed by atoms with Crippen molar-refractivity contribution in [2.45, 2.75) is 36.8 Å². The summed E-state index contributed by atoms with van der Waals surface area (Å²) < 4.78 is 46.0. The molecule has 6 nitrogen and oxygen atoms in total. The van der Waals surface area contributed by atoms with E-state index in [2.05, 4.69) is 65.3 Å². The topological polar surface area (TPSA) is 54.1 Å². The van der Waals surface area contributed by atoms with Gasteiger partial charge in [-0.2, -0.15) is 0 Å². The molecule has 2 saturated carbocycles. The largest absolute Gasteiger partial charge is 0.457 e. The number of fused-ring (bicyclic) bond motifs is 10. The minimum atomic E-state index is -0.277. The molecule has 2 aliphatic heterocycles. The van der Waals surface area contributed by atoms with Crippen molar-refractivity contribution >= 4 is 53.9 Å². The Morgan fingerprint density at radius 1 is 0.518 bits per heavy atom. The molecular formula is C46H32Br2F2N4O2. The van der Waals surface area contributed by atoms with Crippen molar-refractivity contribution < 1.29 is 18.3 Å². The Kier molecular flexibility index (Phi) is 7.97. The molecule has 0 unspecified atom stereocenters. The van der Waals surface area contributed by atoms with Gasteiger partial charge in [0.25, 0.3) is 0 Å². The maximum atomic E-state index is 14.0. The lowest BCUT2D eigenvalue weighted by molar-refractivity contribution is 0.457. The first-order valence-electron chi connectivity index (χ1n) is 18.8. The van der Waals surface area contributed by atoms with Crippen LogP contribution in [-0.4, -0.2) is 19.1 Å². The summed E-state index contributed by atoms with van der Waals surface area (Å²) in [5, 5.41) is 0. The molecule has 2 fully saturated rings. The molecule has 276 valence electrons. The molecule has 12 rings (SSSR count). The molecule has 0 bridgehead atoms. The molecule has 10 heteroatoms. The minimum absolute atomic E-state index is 0.155. The second kappa shape index (κ2) is 13.1. The van der Waals surface area contributed by atoms with Crippen LogP contribution in [0.3, 0.4) is 0 Å². The summed E-state index contributed by atoms with van der Waals surface area (Å²) in [5.41, 5.74) is 5.67. The molecule has 2 aromatic heterocycles. The standard InChI is InChI=1S/2C23H16BrFN2O/c2*24-17-11-20-19(12-18(17)25)26-23-16-10-15(16)22(27(20)23)14-8-4-5-9-21(14)28-13-6-2-1-3-7-13/h2*1-9,11-12,15-16,22H,10H2/t2*15-,16+,22+/m11/s1. The zero-order chi connectivity index (χ0) is 37.7. The van der Waals surface area contributed by atoms with E-state index in [0.29, 0.717) is 43.7 Å². The molecule has 6 aromatic carbocycles. The summed E-state index contributed by atoms with van der Waals surface area (Å²) in [6, 6.07) is 43.1. The lowest BCUT2D eigenvalue weighted by Gasteiger charge is -2.21. The van der Waals surface area contributed by atoms with Crippen LogP contribution in [0.25, 0.3) is 22.1 Å². The van der Waals surface area contributed by atoms with E-state index in [1.54, 1.807) is 0 Å². The number of aromatic nitrogens is 4. The van der Waals surface area contributed by atoms with Crippen LogP contribution in [0, 0.1) is 23.5 Å².